The van der Waals surface area contributed by atoms with Crippen LogP contribution in [0.3, 0.4) is 0 Å². The van der Waals surface area contributed by atoms with Gasteiger partial charge in [0.1, 0.15) is 29.8 Å². The molecule has 33 heavy (non-hydrogen) atoms. The van der Waals surface area contributed by atoms with Gasteiger partial charge in [0.25, 0.3) is 0 Å². The van der Waals surface area contributed by atoms with E-state index < -0.39 is 18.2 Å². The lowest BCUT2D eigenvalue weighted by molar-refractivity contribution is 0.0845. The highest BCUT2D eigenvalue weighted by molar-refractivity contribution is 6.42. The predicted molar refractivity (Wildman–Crippen MR) is 121 cm³/mol. The van der Waals surface area contributed by atoms with Crippen molar-refractivity contribution in [2.45, 2.75) is 26.4 Å². The topological polar surface area (TPSA) is 103 Å². The summed E-state index contributed by atoms with van der Waals surface area (Å²) >= 11 is 12.1. The number of dihydropyridines is 1. The van der Waals surface area contributed by atoms with Crippen LogP contribution in [0.15, 0.2) is 65.4 Å². The maximum absolute atomic E-state index is 11.9. The minimum atomic E-state index is -1.51. The van der Waals surface area contributed by atoms with Crippen LogP contribution in [0.25, 0.3) is 0 Å². The third-order valence-electron chi connectivity index (χ3n) is 4.80. The van der Waals surface area contributed by atoms with Gasteiger partial charge < -0.3 is 29.4 Å². The fourth-order valence-electron chi connectivity index (χ4n) is 3.38. The highest BCUT2D eigenvalue weighted by atomic mass is 35.5. The summed E-state index contributed by atoms with van der Waals surface area (Å²) in [6.45, 7) is 3.50. The number of methoxy groups -OCH3 is 1. The van der Waals surface area contributed by atoms with E-state index in [0.717, 1.165) is 5.56 Å². The van der Waals surface area contributed by atoms with E-state index in [2.05, 4.69) is 10.1 Å². The fourth-order valence-corrected chi connectivity index (χ4v) is 3.70. The first-order chi connectivity index (χ1) is 15.7. The number of rotatable bonds is 6. The molecule has 2 aromatic carbocycles. The van der Waals surface area contributed by atoms with Gasteiger partial charge in [0.2, 0.25) is 0 Å². The largest absolute Gasteiger partial charge is 0.513 e. The van der Waals surface area contributed by atoms with Crippen LogP contribution in [0.2, 0.25) is 10.0 Å². The number of hydrogen-bond donors (Lipinski definition) is 2. The third-order valence-corrected chi connectivity index (χ3v) is 5.54. The molecule has 0 saturated heterocycles. The van der Waals surface area contributed by atoms with E-state index in [1.807, 2.05) is 0 Å². The number of benzene rings is 2. The van der Waals surface area contributed by atoms with Crippen LogP contribution in [0.4, 0.5) is 9.59 Å². The van der Waals surface area contributed by atoms with Gasteiger partial charge in [-0.1, -0.05) is 47.5 Å². The van der Waals surface area contributed by atoms with Crippen LogP contribution >= 0.6 is 23.2 Å². The molecule has 1 aliphatic heterocycles. The minimum absolute atomic E-state index is 0.0394. The molecule has 0 radical (unpaired) electrons. The number of carboxylic acid groups (broad SMARTS) is 1. The Bertz CT molecular complexity index is 1140. The number of carbonyl (C=O) groups excluding carboxylic acids is 1. The van der Waals surface area contributed by atoms with Crippen molar-refractivity contribution in [3.05, 3.63) is 86.5 Å². The average molecular weight is 494 g/mol. The van der Waals surface area contributed by atoms with E-state index in [-0.39, 0.29) is 18.1 Å². The Kier molecular flexibility index (Phi) is 7.73. The zero-order valence-electron chi connectivity index (χ0n) is 18.0. The summed E-state index contributed by atoms with van der Waals surface area (Å²) in [5.74, 6) is -0.313. The normalized spacial score (nSPS) is 15.6. The van der Waals surface area contributed by atoms with Gasteiger partial charge in [-0.25, -0.2) is 9.59 Å². The zero-order valence-corrected chi connectivity index (χ0v) is 19.5. The van der Waals surface area contributed by atoms with Crippen LogP contribution < -0.4 is 10.1 Å². The van der Waals surface area contributed by atoms with Crippen molar-refractivity contribution in [2.75, 3.05) is 7.11 Å². The molecule has 0 aliphatic carbocycles. The summed E-state index contributed by atoms with van der Waals surface area (Å²) < 4.78 is 21.1. The quantitative estimate of drug-likeness (QED) is 0.458. The highest BCUT2D eigenvalue weighted by Crippen LogP contribution is 2.43. The van der Waals surface area contributed by atoms with E-state index in [1.54, 1.807) is 56.3 Å². The van der Waals surface area contributed by atoms with Crippen molar-refractivity contribution in [1.29, 1.82) is 0 Å². The molecule has 8 nitrogen and oxygen atoms in total. The van der Waals surface area contributed by atoms with Gasteiger partial charge >= 0.3 is 12.3 Å². The number of allylic oxidation sites excluding steroid dienone is 2. The van der Waals surface area contributed by atoms with E-state index in [1.165, 1.54) is 7.11 Å². The Hall–Kier alpha value is -3.36. The van der Waals surface area contributed by atoms with Crippen molar-refractivity contribution < 1.29 is 33.6 Å². The summed E-state index contributed by atoms with van der Waals surface area (Å²) in [6, 6.07) is 12.1. The van der Waals surface area contributed by atoms with Crippen molar-refractivity contribution in [2.24, 2.45) is 0 Å². The second-order valence-corrected chi connectivity index (χ2v) is 7.85. The van der Waals surface area contributed by atoms with Crippen molar-refractivity contribution in [3.8, 4) is 5.75 Å². The number of nitrogens with one attached hydrogen (secondary N) is 1. The Morgan fingerprint density at radius 1 is 1.00 bits per heavy atom. The third kappa shape index (κ3) is 5.71. The van der Waals surface area contributed by atoms with Crippen molar-refractivity contribution >= 4 is 35.5 Å². The van der Waals surface area contributed by atoms with Gasteiger partial charge in [-0.15, -0.1) is 0 Å². The molecular formula is C23H21Cl2NO7. The van der Waals surface area contributed by atoms with E-state index in [0.29, 0.717) is 32.8 Å². The Morgan fingerprint density at radius 2 is 1.67 bits per heavy atom. The van der Waals surface area contributed by atoms with Gasteiger partial charge in [-0.2, -0.15) is 0 Å². The fraction of sp³-hybridized carbons (Fsp3) is 0.217. The van der Waals surface area contributed by atoms with Crippen molar-refractivity contribution in [1.82, 2.24) is 5.32 Å². The van der Waals surface area contributed by atoms with E-state index >= 15 is 0 Å². The lowest BCUT2D eigenvalue weighted by atomic mass is 9.90. The first-order valence-electron chi connectivity index (χ1n) is 9.72. The molecule has 0 amide bonds. The van der Waals surface area contributed by atoms with Gasteiger partial charge in [0, 0.05) is 5.56 Å². The molecule has 0 aromatic heterocycles. The van der Waals surface area contributed by atoms with Crippen LogP contribution in [-0.4, -0.2) is 24.5 Å². The maximum Gasteiger partial charge on any atom is 0.513 e. The van der Waals surface area contributed by atoms with Crippen LogP contribution in [0.1, 0.15) is 30.9 Å². The minimum Gasteiger partial charge on any atom is -0.489 e. The molecule has 3 rings (SSSR count). The Labute approximate surface area is 200 Å². The maximum atomic E-state index is 11.9. The van der Waals surface area contributed by atoms with E-state index in [4.69, 9.17) is 37.4 Å². The summed E-state index contributed by atoms with van der Waals surface area (Å²) in [7, 11) is 1.17. The molecule has 0 saturated carbocycles. The number of hydrogen-bond acceptors (Lipinski definition) is 7. The zero-order chi connectivity index (χ0) is 24.1. The molecule has 1 heterocycles. The highest BCUT2D eigenvalue weighted by Gasteiger charge is 2.36. The molecule has 1 aliphatic rings. The van der Waals surface area contributed by atoms with E-state index in [9.17, 15) is 14.7 Å². The second kappa shape index (κ2) is 10.5. The second-order valence-electron chi connectivity index (χ2n) is 7.04. The number of carbonyl (C=O) groups is 2. The number of halogens is 2. The van der Waals surface area contributed by atoms with Gasteiger partial charge in [-0.3, -0.25) is 0 Å². The number of para-hydroxylation sites is 1. The Balaban J connectivity index is 2.03. The molecule has 2 aromatic rings. The molecule has 0 spiro atoms. The summed E-state index contributed by atoms with van der Waals surface area (Å²) in [4.78, 5) is 23.4. The molecule has 0 bridgehead atoms. The van der Waals surface area contributed by atoms with Crippen LogP contribution in [0, 0.1) is 0 Å². The lowest BCUT2D eigenvalue weighted by Crippen LogP contribution is -2.29. The SMILES string of the molecule is COC(=O)OC1=C(C)NC(C)=C(OC(=O)O)C1c1ccccc1OCc1ccc(Cl)c(Cl)c1. The molecule has 10 heteroatoms. The number of ether oxygens (including phenoxy) is 4. The molecular weight excluding hydrogens is 473 g/mol. The van der Waals surface area contributed by atoms with Gasteiger partial charge in [0.05, 0.1) is 28.5 Å². The van der Waals surface area contributed by atoms with Gasteiger partial charge in [0.15, 0.2) is 0 Å². The lowest BCUT2D eigenvalue weighted by Gasteiger charge is -2.30. The van der Waals surface area contributed by atoms with Crippen LogP contribution in [0.5, 0.6) is 5.75 Å². The molecule has 174 valence electrons. The first kappa shape index (κ1) is 24.3. The van der Waals surface area contributed by atoms with Crippen LogP contribution in [-0.2, 0) is 20.8 Å². The predicted octanol–water partition coefficient (Wildman–Crippen LogP) is 6.20. The summed E-state index contributed by atoms with van der Waals surface area (Å²) in [5.41, 5.74) is 2.22. The standard InChI is InChI=1S/C23H21Cl2NO7/c1-12-20(32-22(27)28)19(21(13(2)26-12)33-23(29)30-3)15-6-4-5-7-18(15)31-11-14-8-9-16(24)17(25)10-14/h4-10,19,26H,11H2,1-3H3,(H,27,28). The first-order valence-corrected chi connectivity index (χ1v) is 10.5. The molecule has 1 unspecified atom stereocenters. The molecule has 1 atom stereocenters. The monoisotopic (exact) mass is 493 g/mol. The Morgan fingerprint density at radius 3 is 2.30 bits per heavy atom. The summed E-state index contributed by atoms with van der Waals surface area (Å²) in [5, 5.41) is 13.1. The average Bonchev–Trinajstić information content (AvgIpc) is 2.78. The summed E-state index contributed by atoms with van der Waals surface area (Å²) in [6.07, 6.45) is -2.47. The molecule has 2 N–H and O–H groups in total. The van der Waals surface area contributed by atoms with Gasteiger partial charge in [-0.05, 0) is 37.6 Å². The van der Waals surface area contributed by atoms with Crippen molar-refractivity contribution in [3.63, 3.8) is 0 Å². The molecule has 0 fully saturated rings. The smallest absolute Gasteiger partial charge is 0.489 e.